The van der Waals surface area contributed by atoms with E-state index < -0.39 is 0 Å². The van der Waals surface area contributed by atoms with E-state index in [2.05, 4.69) is 10.6 Å². The third-order valence-corrected chi connectivity index (χ3v) is 2.93. The molecule has 1 rings (SSSR count). The van der Waals surface area contributed by atoms with Gasteiger partial charge in [-0.2, -0.15) is 0 Å². The third kappa shape index (κ3) is 4.82. The van der Waals surface area contributed by atoms with E-state index in [1.165, 1.54) is 19.3 Å². The quantitative estimate of drug-likeness (QED) is 0.537. The number of rotatable bonds is 5. The van der Waals surface area contributed by atoms with Crippen molar-refractivity contribution < 1.29 is 4.79 Å². The van der Waals surface area contributed by atoms with Gasteiger partial charge in [-0.1, -0.05) is 0 Å². The molecule has 1 amide bonds. The van der Waals surface area contributed by atoms with Gasteiger partial charge in [-0.15, -0.1) is 11.6 Å². The molecule has 0 radical (unpaired) electrons. The average Bonchev–Trinajstić information content (AvgIpc) is 2.25. The molecular weight excluding hydrogens is 200 g/mol. The van der Waals surface area contributed by atoms with Gasteiger partial charge in [-0.25, -0.2) is 0 Å². The van der Waals surface area contributed by atoms with E-state index in [1.54, 1.807) is 0 Å². The lowest BCUT2D eigenvalue weighted by Crippen LogP contribution is -2.29. The van der Waals surface area contributed by atoms with E-state index >= 15 is 0 Å². The number of piperidine rings is 1. The van der Waals surface area contributed by atoms with Gasteiger partial charge in [0.1, 0.15) is 5.88 Å². The number of nitrogens with one attached hydrogen (secondary N) is 2. The first kappa shape index (κ1) is 11.8. The van der Waals surface area contributed by atoms with Crippen LogP contribution >= 0.6 is 11.6 Å². The summed E-state index contributed by atoms with van der Waals surface area (Å²) in [6.07, 6.45) is 4.87. The molecule has 1 saturated heterocycles. The summed E-state index contributed by atoms with van der Waals surface area (Å²) in [5.41, 5.74) is 0. The van der Waals surface area contributed by atoms with Gasteiger partial charge in [0.2, 0.25) is 5.91 Å². The first-order valence-corrected chi connectivity index (χ1v) is 5.89. The van der Waals surface area contributed by atoms with E-state index in [9.17, 15) is 4.79 Å². The van der Waals surface area contributed by atoms with Crippen LogP contribution in [-0.2, 0) is 4.79 Å². The molecule has 0 aromatic rings. The van der Waals surface area contributed by atoms with Crippen molar-refractivity contribution in [1.82, 2.24) is 10.6 Å². The van der Waals surface area contributed by atoms with Gasteiger partial charge in [0, 0.05) is 6.54 Å². The summed E-state index contributed by atoms with van der Waals surface area (Å²) in [5, 5.41) is 6.13. The lowest BCUT2D eigenvalue weighted by molar-refractivity contribution is -0.118. The SMILES string of the molecule is O=C(CCl)NCCCC1CCNCC1. The Labute approximate surface area is 90.6 Å². The van der Waals surface area contributed by atoms with Gasteiger partial charge < -0.3 is 10.6 Å². The van der Waals surface area contributed by atoms with Crippen LogP contribution in [0.5, 0.6) is 0 Å². The Bertz CT molecular complexity index is 170. The maximum atomic E-state index is 10.8. The Hall–Kier alpha value is -0.280. The van der Waals surface area contributed by atoms with Crippen LogP contribution in [0.2, 0.25) is 0 Å². The van der Waals surface area contributed by atoms with Crippen molar-refractivity contribution >= 4 is 17.5 Å². The third-order valence-electron chi connectivity index (χ3n) is 2.69. The highest BCUT2D eigenvalue weighted by Crippen LogP contribution is 2.16. The summed E-state index contributed by atoms with van der Waals surface area (Å²) in [5.74, 6) is 0.869. The standard InChI is InChI=1S/C10H19ClN2O/c11-8-10(14)13-5-1-2-9-3-6-12-7-4-9/h9,12H,1-8H2,(H,13,14). The maximum Gasteiger partial charge on any atom is 0.234 e. The number of amides is 1. The summed E-state index contributed by atoms with van der Waals surface area (Å²) in [7, 11) is 0. The minimum absolute atomic E-state index is 0.0584. The molecule has 1 fully saturated rings. The summed E-state index contributed by atoms with van der Waals surface area (Å²) in [6.45, 7) is 3.08. The van der Waals surface area contributed by atoms with E-state index in [0.717, 1.165) is 32.0 Å². The number of halogens is 1. The van der Waals surface area contributed by atoms with Crippen LogP contribution in [0.25, 0.3) is 0 Å². The highest BCUT2D eigenvalue weighted by molar-refractivity contribution is 6.27. The van der Waals surface area contributed by atoms with E-state index in [-0.39, 0.29) is 11.8 Å². The van der Waals surface area contributed by atoms with Crippen molar-refractivity contribution in [2.75, 3.05) is 25.5 Å². The van der Waals surface area contributed by atoms with Crippen LogP contribution in [0, 0.1) is 5.92 Å². The highest BCUT2D eigenvalue weighted by atomic mass is 35.5. The Balaban J connectivity index is 1.94. The summed E-state index contributed by atoms with van der Waals surface area (Å²) < 4.78 is 0. The van der Waals surface area contributed by atoms with Gasteiger partial charge in [-0.05, 0) is 44.7 Å². The second-order valence-corrected chi connectivity index (χ2v) is 4.09. The van der Waals surface area contributed by atoms with Crippen LogP contribution in [0.3, 0.4) is 0 Å². The van der Waals surface area contributed by atoms with Crippen molar-refractivity contribution in [3.8, 4) is 0 Å². The van der Waals surface area contributed by atoms with Gasteiger partial charge in [0.25, 0.3) is 0 Å². The molecule has 0 bridgehead atoms. The average molecular weight is 219 g/mol. The predicted molar refractivity (Wildman–Crippen MR) is 58.6 cm³/mol. The molecule has 0 atom stereocenters. The minimum Gasteiger partial charge on any atom is -0.355 e. The molecule has 1 aliphatic rings. The summed E-state index contributed by atoms with van der Waals surface area (Å²) in [4.78, 5) is 10.8. The monoisotopic (exact) mass is 218 g/mol. The van der Waals surface area contributed by atoms with E-state index in [0.29, 0.717) is 0 Å². The van der Waals surface area contributed by atoms with E-state index in [1.807, 2.05) is 0 Å². The number of carbonyl (C=O) groups is 1. The van der Waals surface area contributed by atoms with Crippen molar-refractivity contribution in [1.29, 1.82) is 0 Å². The zero-order chi connectivity index (χ0) is 10.2. The lowest BCUT2D eigenvalue weighted by Gasteiger charge is -2.22. The zero-order valence-electron chi connectivity index (χ0n) is 8.52. The van der Waals surface area contributed by atoms with Crippen LogP contribution < -0.4 is 10.6 Å². The fourth-order valence-electron chi connectivity index (χ4n) is 1.84. The summed E-state index contributed by atoms with van der Waals surface area (Å²) in [6, 6.07) is 0. The molecular formula is C10H19ClN2O. The fraction of sp³-hybridized carbons (Fsp3) is 0.900. The molecule has 0 aromatic carbocycles. The van der Waals surface area contributed by atoms with Crippen molar-refractivity contribution in [3.63, 3.8) is 0 Å². The molecule has 14 heavy (non-hydrogen) atoms. The second kappa shape index (κ2) is 7.07. The summed E-state index contributed by atoms with van der Waals surface area (Å²) >= 11 is 5.36. The molecule has 1 aliphatic heterocycles. The molecule has 0 aliphatic carbocycles. The number of hydrogen-bond acceptors (Lipinski definition) is 2. The topological polar surface area (TPSA) is 41.1 Å². The Morgan fingerprint density at radius 2 is 2.14 bits per heavy atom. The molecule has 0 aromatic heterocycles. The number of alkyl halides is 1. The van der Waals surface area contributed by atoms with Gasteiger partial charge in [-0.3, -0.25) is 4.79 Å². The molecule has 0 unspecified atom stereocenters. The predicted octanol–water partition coefficient (Wildman–Crippen LogP) is 1.12. The molecule has 1 heterocycles. The Kier molecular flexibility index (Phi) is 5.96. The smallest absolute Gasteiger partial charge is 0.234 e. The van der Waals surface area contributed by atoms with Crippen LogP contribution in [-0.4, -0.2) is 31.4 Å². The molecule has 4 heteroatoms. The molecule has 82 valence electrons. The Morgan fingerprint density at radius 1 is 1.43 bits per heavy atom. The van der Waals surface area contributed by atoms with Crippen molar-refractivity contribution in [2.24, 2.45) is 5.92 Å². The molecule has 3 nitrogen and oxygen atoms in total. The number of carbonyl (C=O) groups excluding carboxylic acids is 1. The maximum absolute atomic E-state index is 10.8. The van der Waals surface area contributed by atoms with Crippen molar-refractivity contribution in [2.45, 2.75) is 25.7 Å². The fourth-order valence-corrected chi connectivity index (χ4v) is 1.93. The van der Waals surface area contributed by atoms with Gasteiger partial charge in [0.05, 0.1) is 0 Å². The van der Waals surface area contributed by atoms with E-state index in [4.69, 9.17) is 11.6 Å². The number of hydrogen-bond donors (Lipinski definition) is 2. The van der Waals surface area contributed by atoms with Crippen molar-refractivity contribution in [3.05, 3.63) is 0 Å². The molecule has 0 saturated carbocycles. The largest absolute Gasteiger partial charge is 0.355 e. The Morgan fingerprint density at radius 3 is 2.79 bits per heavy atom. The highest BCUT2D eigenvalue weighted by Gasteiger charge is 2.11. The van der Waals surface area contributed by atoms with Crippen LogP contribution in [0.15, 0.2) is 0 Å². The molecule has 0 spiro atoms. The lowest BCUT2D eigenvalue weighted by atomic mass is 9.93. The molecule has 2 N–H and O–H groups in total. The van der Waals surface area contributed by atoms with Crippen LogP contribution in [0.1, 0.15) is 25.7 Å². The first-order chi connectivity index (χ1) is 6.83. The normalized spacial score (nSPS) is 18.1. The zero-order valence-corrected chi connectivity index (χ0v) is 9.28. The van der Waals surface area contributed by atoms with Crippen LogP contribution in [0.4, 0.5) is 0 Å². The van der Waals surface area contributed by atoms with Gasteiger partial charge in [0.15, 0.2) is 0 Å². The second-order valence-electron chi connectivity index (χ2n) is 3.82. The first-order valence-electron chi connectivity index (χ1n) is 5.36. The minimum atomic E-state index is -0.0584. The van der Waals surface area contributed by atoms with Gasteiger partial charge >= 0.3 is 0 Å².